The summed E-state index contributed by atoms with van der Waals surface area (Å²) in [5.74, 6) is -0.242. The van der Waals surface area contributed by atoms with Crippen molar-refractivity contribution in [2.45, 2.75) is 6.92 Å². The molecule has 1 aromatic heterocycles. The minimum Gasteiger partial charge on any atom is -0.394 e. The van der Waals surface area contributed by atoms with Gasteiger partial charge in [0.1, 0.15) is 6.61 Å². The lowest BCUT2D eigenvalue weighted by molar-refractivity contribution is -0.120. The van der Waals surface area contributed by atoms with Crippen molar-refractivity contribution in [1.29, 1.82) is 0 Å². The standard InChI is InChI=1S/C10H14N2O3/c1-8-6-9(2-3-11-8)12-10(14)7-15-5-4-13/h2-3,6,13H,4-5,7H2,1H3,(H,11,12,14). The topological polar surface area (TPSA) is 71.5 Å². The highest BCUT2D eigenvalue weighted by Crippen LogP contribution is 2.06. The number of amides is 1. The summed E-state index contributed by atoms with van der Waals surface area (Å²) in [4.78, 5) is 15.3. The van der Waals surface area contributed by atoms with E-state index in [2.05, 4.69) is 10.3 Å². The molecule has 0 aliphatic heterocycles. The molecule has 0 saturated heterocycles. The van der Waals surface area contributed by atoms with Crippen LogP contribution >= 0.6 is 0 Å². The van der Waals surface area contributed by atoms with Crippen LogP contribution in [0.5, 0.6) is 0 Å². The Morgan fingerprint density at radius 3 is 3.13 bits per heavy atom. The minimum absolute atomic E-state index is 0.0536. The monoisotopic (exact) mass is 210 g/mol. The van der Waals surface area contributed by atoms with Crippen molar-refractivity contribution in [2.75, 3.05) is 25.1 Å². The quantitative estimate of drug-likeness (QED) is 0.687. The molecule has 82 valence electrons. The van der Waals surface area contributed by atoms with E-state index in [0.29, 0.717) is 5.69 Å². The number of carbonyl (C=O) groups is 1. The molecule has 0 aromatic carbocycles. The van der Waals surface area contributed by atoms with Gasteiger partial charge >= 0.3 is 0 Å². The van der Waals surface area contributed by atoms with Crippen molar-refractivity contribution in [3.63, 3.8) is 0 Å². The number of rotatable bonds is 5. The number of aliphatic hydroxyl groups excluding tert-OH is 1. The second-order valence-corrected chi connectivity index (χ2v) is 3.01. The number of anilines is 1. The van der Waals surface area contributed by atoms with Gasteiger partial charge in [-0.25, -0.2) is 0 Å². The van der Waals surface area contributed by atoms with Crippen LogP contribution in [-0.2, 0) is 9.53 Å². The number of nitrogens with zero attached hydrogens (tertiary/aromatic N) is 1. The molecule has 1 amide bonds. The highest BCUT2D eigenvalue weighted by Gasteiger charge is 2.02. The molecule has 1 rings (SSSR count). The Morgan fingerprint density at radius 1 is 1.67 bits per heavy atom. The van der Waals surface area contributed by atoms with Crippen LogP contribution in [0.1, 0.15) is 5.69 Å². The summed E-state index contributed by atoms with van der Waals surface area (Å²) in [5.41, 5.74) is 1.53. The Labute approximate surface area is 88.1 Å². The summed E-state index contributed by atoms with van der Waals surface area (Å²) >= 11 is 0. The SMILES string of the molecule is Cc1cc(NC(=O)COCCO)ccn1. The van der Waals surface area contributed by atoms with Crippen LogP contribution in [0.25, 0.3) is 0 Å². The van der Waals surface area contributed by atoms with Crippen molar-refractivity contribution in [2.24, 2.45) is 0 Å². The van der Waals surface area contributed by atoms with Gasteiger partial charge < -0.3 is 15.2 Å². The Kier molecular flexibility index (Phi) is 4.73. The molecule has 1 heterocycles. The van der Waals surface area contributed by atoms with Crippen LogP contribution in [-0.4, -0.2) is 35.8 Å². The summed E-state index contributed by atoms with van der Waals surface area (Å²) in [6.45, 7) is 1.88. The molecule has 15 heavy (non-hydrogen) atoms. The predicted molar refractivity (Wildman–Crippen MR) is 55.5 cm³/mol. The van der Waals surface area contributed by atoms with Crippen molar-refractivity contribution in [3.05, 3.63) is 24.0 Å². The fourth-order valence-corrected chi connectivity index (χ4v) is 1.05. The van der Waals surface area contributed by atoms with Gasteiger partial charge in [-0.15, -0.1) is 0 Å². The van der Waals surface area contributed by atoms with Gasteiger partial charge in [0, 0.05) is 17.6 Å². The smallest absolute Gasteiger partial charge is 0.250 e. The zero-order chi connectivity index (χ0) is 11.1. The summed E-state index contributed by atoms with van der Waals surface area (Å²) in [6, 6.07) is 3.47. The minimum atomic E-state index is -0.242. The van der Waals surface area contributed by atoms with Gasteiger partial charge in [0.05, 0.1) is 13.2 Å². The number of aromatic nitrogens is 1. The number of aryl methyl sites for hydroxylation is 1. The predicted octanol–water partition coefficient (Wildman–Crippen LogP) is 0.337. The maximum absolute atomic E-state index is 11.3. The highest BCUT2D eigenvalue weighted by molar-refractivity contribution is 5.91. The van der Waals surface area contributed by atoms with Gasteiger partial charge in [-0.05, 0) is 19.1 Å². The Bertz CT molecular complexity index is 328. The number of ether oxygens (including phenoxy) is 1. The van der Waals surface area contributed by atoms with E-state index < -0.39 is 0 Å². The van der Waals surface area contributed by atoms with E-state index in [-0.39, 0.29) is 25.7 Å². The number of carbonyl (C=O) groups excluding carboxylic acids is 1. The summed E-state index contributed by atoms with van der Waals surface area (Å²) < 4.78 is 4.87. The van der Waals surface area contributed by atoms with E-state index in [1.54, 1.807) is 18.3 Å². The number of hydrogen-bond donors (Lipinski definition) is 2. The highest BCUT2D eigenvalue weighted by atomic mass is 16.5. The molecular weight excluding hydrogens is 196 g/mol. The van der Waals surface area contributed by atoms with Crippen LogP contribution in [0.2, 0.25) is 0 Å². The summed E-state index contributed by atoms with van der Waals surface area (Å²) in [7, 11) is 0. The van der Waals surface area contributed by atoms with Gasteiger partial charge in [0.2, 0.25) is 5.91 Å². The van der Waals surface area contributed by atoms with Crippen LogP contribution in [0.3, 0.4) is 0 Å². The second kappa shape index (κ2) is 6.10. The lowest BCUT2D eigenvalue weighted by Crippen LogP contribution is -2.19. The molecule has 0 spiro atoms. The molecule has 0 radical (unpaired) electrons. The third-order valence-electron chi connectivity index (χ3n) is 1.65. The van der Waals surface area contributed by atoms with Gasteiger partial charge in [-0.3, -0.25) is 9.78 Å². The number of hydrogen-bond acceptors (Lipinski definition) is 4. The van der Waals surface area contributed by atoms with Crippen LogP contribution in [0, 0.1) is 6.92 Å². The summed E-state index contributed by atoms with van der Waals surface area (Å²) in [5, 5.41) is 11.1. The van der Waals surface area contributed by atoms with E-state index in [0.717, 1.165) is 5.69 Å². The van der Waals surface area contributed by atoms with E-state index in [4.69, 9.17) is 9.84 Å². The molecule has 0 saturated carbocycles. The van der Waals surface area contributed by atoms with Crippen molar-refractivity contribution < 1.29 is 14.6 Å². The van der Waals surface area contributed by atoms with Gasteiger partial charge in [-0.2, -0.15) is 0 Å². The molecule has 0 aliphatic rings. The van der Waals surface area contributed by atoms with Crippen LogP contribution in [0.15, 0.2) is 18.3 Å². The Balaban J connectivity index is 2.37. The first kappa shape index (κ1) is 11.6. The molecule has 0 fully saturated rings. The Hall–Kier alpha value is -1.46. The maximum Gasteiger partial charge on any atom is 0.250 e. The fourth-order valence-electron chi connectivity index (χ4n) is 1.05. The molecule has 0 aliphatic carbocycles. The zero-order valence-corrected chi connectivity index (χ0v) is 8.56. The van der Waals surface area contributed by atoms with E-state index >= 15 is 0 Å². The Morgan fingerprint density at radius 2 is 2.47 bits per heavy atom. The van der Waals surface area contributed by atoms with Crippen molar-refractivity contribution in [1.82, 2.24) is 4.98 Å². The van der Waals surface area contributed by atoms with Crippen molar-refractivity contribution >= 4 is 11.6 Å². The van der Waals surface area contributed by atoms with Crippen molar-refractivity contribution in [3.8, 4) is 0 Å². The van der Waals surface area contributed by atoms with Crippen LogP contribution < -0.4 is 5.32 Å². The normalized spacial score (nSPS) is 10.0. The first-order chi connectivity index (χ1) is 7.22. The van der Waals surface area contributed by atoms with Gasteiger partial charge in [0.25, 0.3) is 0 Å². The largest absolute Gasteiger partial charge is 0.394 e. The van der Waals surface area contributed by atoms with Gasteiger partial charge in [-0.1, -0.05) is 0 Å². The zero-order valence-electron chi connectivity index (χ0n) is 8.56. The number of pyridine rings is 1. The lowest BCUT2D eigenvalue weighted by atomic mass is 10.3. The molecule has 0 atom stereocenters. The molecule has 0 unspecified atom stereocenters. The average molecular weight is 210 g/mol. The molecule has 5 heteroatoms. The molecule has 1 aromatic rings. The molecule has 5 nitrogen and oxygen atoms in total. The lowest BCUT2D eigenvalue weighted by Gasteiger charge is -2.05. The summed E-state index contributed by atoms with van der Waals surface area (Å²) in [6.07, 6.45) is 1.62. The van der Waals surface area contributed by atoms with Gasteiger partial charge in [0.15, 0.2) is 0 Å². The van der Waals surface area contributed by atoms with E-state index in [1.807, 2.05) is 6.92 Å². The maximum atomic E-state index is 11.3. The average Bonchev–Trinajstić information content (AvgIpc) is 2.18. The third-order valence-corrected chi connectivity index (χ3v) is 1.65. The number of nitrogens with one attached hydrogen (secondary N) is 1. The van der Waals surface area contributed by atoms with E-state index in [9.17, 15) is 4.79 Å². The third kappa shape index (κ3) is 4.53. The molecular formula is C10H14N2O3. The van der Waals surface area contributed by atoms with Crippen LogP contribution in [0.4, 0.5) is 5.69 Å². The van der Waals surface area contributed by atoms with E-state index in [1.165, 1.54) is 0 Å². The molecule has 0 bridgehead atoms. The number of aliphatic hydroxyl groups is 1. The second-order valence-electron chi connectivity index (χ2n) is 3.01. The fraction of sp³-hybridized carbons (Fsp3) is 0.400. The first-order valence-electron chi connectivity index (χ1n) is 4.63. The first-order valence-corrected chi connectivity index (χ1v) is 4.63. The molecule has 2 N–H and O–H groups in total.